The van der Waals surface area contributed by atoms with Crippen LogP contribution in [0.3, 0.4) is 0 Å². The first-order valence-corrected chi connectivity index (χ1v) is 10.8. The smallest absolute Gasteiger partial charge is 0.321 e. The van der Waals surface area contributed by atoms with Crippen molar-refractivity contribution in [3.05, 3.63) is 64.9 Å². The molecule has 0 bridgehead atoms. The molecule has 0 spiro atoms. The highest BCUT2D eigenvalue weighted by atomic mass is 16.5. The van der Waals surface area contributed by atoms with Crippen molar-refractivity contribution in [2.45, 2.75) is 38.3 Å². The molecule has 1 unspecified atom stereocenters. The number of nitrogens with zero attached hydrogens (tertiary/aromatic N) is 1. The second-order valence-electron chi connectivity index (χ2n) is 8.25. The first kappa shape index (κ1) is 21.7. The van der Waals surface area contributed by atoms with E-state index in [1.54, 1.807) is 26.2 Å². The second kappa shape index (κ2) is 8.94. The fraction of sp³-hybridized carbons (Fsp3) is 0.360. The average Bonchev–Trinajstić information content (AvgIpc) is 3.64. The summed E-state index contributed by atoms with van der Waals surface area (Å²) in [7, 11) is 4.85. The number of carbonyl (C=O) groups is 2. The zero-order valence-corrected chi connectivity index (χ0v) is 18.9. The van der Waals surface area contributed by atoms with Gasteiger partial charge < -0.3 is 20.1 Å². The van der Waals surface area contributed by atoms with Gasteiger partial charge >= 0.3 is 6.03 Å². The number of nitrogens with one attached hydrogen (secondary N) is 2. The van der Waals surface area contributed by atoms with Gasteiger partial charge in [-0.2, -0.15) is 0 Å². The molecule has 2 N–H and O–H groups in total. The van der Waals surface area contributed by atoms with E-state index in [9.17, 15) is 9.59 Å². The summed E-state index contributed by atoms with van der Waals surface area (Å²) in [5, 5.41) is 5.74. The van der Waals surface area contributed by atoms with Crippen molar-refractivity contribution in [2.24, 2.45) is 0 Å². The summed E-state index contributed by atoms with van der Waals surface area (Å²) in [4.78, 5) is 26.7. The van der Waals surface area contributed by atoms with Crippen LogP contribution in [0.5, 0.6) is 11.5 Å². The molecular formula is C25H29N3O4. The minimum Gasteiger partial charge on any atom is -0.493 e. The van der Waals surface area contributed by atoms with Gasteiger partial charge in [-0.3, -0.25) is 9.69 Å². The van der Waals surface area contributed by atoms with Gasteiger partial charge in [-0.1, -0.05) is 12.1 Å². The topological polar surface area (TPSA) is 79.9 Å². The summed E-state index contributed by atoms with van der Waals surface area (Å²) in [5.74, 6) is 1.22. The Hall–Kier alpha value is -3.48. The Morgan fingerprint density at radius 1 is 1.03 bits per heavy atom. The van der Waals surface area contributed by atoms with Crippen molar-refractivity contribution in [3.8, 4) is 11.5 Å². The lowest BCUT2D eigenvalue weighted by Crippen LogP contribution is -2.40. The quantitative estimate of drug-likeness (QED) is 0.753. The zero-order valence-electron chi connectivity index (χ0n) is 18.9. The minimum atomic E-state index is -0.179. The maximum Gasteiger partial charge on any atom is 0.321 e. The number of carbonyl (C=O) groups excluding carboxylic acids is 2. The van der Waals surface area contributed by atoms with E-state index < -0.39 is 0 Å². The van der Waals surface area contributed by atoms with E-state index in [1.165, 1.54) is 0 Å². The van der Waals surface area contributed by atoms with Gasteiger partial charge in [-0.05, 0) is 67.1 Å². The SMILES string of the molecule is CNC(=O)N1C=C(c2ccc(C(=O)NC3CC3)cc2)c2cc(OC)c(OC)cc2CC1C. The van der Waals surface area contributed by atoms with Crippen molar-refractivity contribution >= 4 is 17.5 Å². The standard InChI is InChI=1S/C25H29N3O4/c1-15-11-18-12-22(31-3)23(32-4)13-20(18)21(14-28(15)25(30)26-2)16-5-7-17(8-6-16)24(29)27-19-9-10-19/h5-8,12-15,19H,9-11H2,1-4H3,(H,26,30)(H,27,29). The Bertz CT molecular complexity index is 1060. The number of rotatable bonds is 5. The molecule has 1 heterocycles. The Kier molecular flexibility index (Phi) is 6.08. The van der Waals surface area contributed by atoms with Crippen molar-refractivity contribution < 1.29 is 19.1 Å². The normalized spacial score (nSPS) is 17.6. The molecule has 0 radical (unpaired) electrons. The summed E-state index contributed by atoms with van der Waals surface area (Å²) in [6.45, 7) is 2.01. The van der Waals surface area contributed by atoms with Crippen LogP contribution in [0.1, 0.15) is 46.8 Å². The molecule has 2 aromatic carbocycles. The van der Waals surface area contributed by atoms with Crippen molar-refractivity contribution in [1.29, 1.82) is 0 Å². The Morgan fingerprint density at radius 3 is 2.28 bits per heavy atom. The third kappa shape index (κ3) is 4.28. The van der Waals surface area contributed by atoms with Gasteiger partial charge in [0, 0.05) is 36.5 Å². The fourth-order valence-corrected chi connectivity index (χ4v) is 4.01. The van der Waals surface area contributed by atoms with E-state index in [2.05, 4.69) is 10.6 Å². The van der Waals surface area contributed by atoms with Crippen LogP contribution in [0, 0.1) is 0 Å². The molecule has 0 aromatic heterocycles. The van der Waals surface area contributed by atoms with Gasteiger partial charge in [0.25, 0.3) is 5.91 Å². The number of hydrogen-bond donors (Lipinski definition) is 2. The van der Waals surface area contributed by atoms with E-state index in [0.717, 1.165) is 35.1 Å². The highest BCUT2D eigenvalue weighted by molar-refractivity contribution is 5.95. The van der Waals surface area contributed by atoms with Gasteiger partial charge in [0.05, 0.1) is 14.2 Å². The third-order valence-electron chi connectivity index (χ3n) is 5.98. The third-order valence-corrected chi connectivity index (χ3v) is 5.98. The van der Waals surface area contributed by atoms with Crippen molar-refractivity contribution in [1.82, 2.24) is 15.5 Å². The molecule has 7 nitrogen and oxygen atoms in total. The molecule has 1 fully saturated rings. The van der Waals surface area contributed by atoms with Crippen molar-refractivity contribution in [2.75, 3.05) is 21.3 Å². The number of benzene rings is 2. The summed E-state index contributed by atoms with van der Waals surface area (Å²) < 4.78 is 11.1. The molecule has 1 saturated carbocycles. The molecule has 1 atom stereocenters. The first-order chi connectivity index (χ1) is 15.4. The second-order valence-corrected chi connectivity index (χ2v) is 8.25. The van der Waals surface area contributed by atoms with Gasteiger partial charge in [-0.15, -0.1) is 0 Å². The highest BCUT2D eigenvalue weighted by Crippen LogP contribution is 2.39. The lowest BCUT2D eigenvalue weighted by atomic mass is 9.92. The number of amides is 3. The predicted molar refractivity (Wildman–Crippen MR) is 123 cm³/mol. The first-order valence-electron chi connectivity index (χ1n) is 10.8. The molecule has 32 heavy (non-hydrogen) atoms. The van der Waals surface area contributed by atoms with E-state index in [1.807, 2.05) is 49.5 Å². The number of hydrogen-bond acceptors (Lipinski definition) is 4. The fourth-order valence-electron chi connectivity index (χ4n) is 4.01. The zero-order chi connectivity index (χ0) is 22.8. The Labute approximate surface area is 188 Å². The molecule has 3 amide bonds. The number of fused-ring (bicyclic) bond motifs is 1. The lowest BCUT2D eigenvalue weighted by molar-refractivity contribution is 0.0951. The minimum absolute atomic E-state index is 0.0543. The van der Waals surface area contributed by atoms with Gasteiger partial charge in [0.15, 0.2) is 11.5 Å². The number of urea groups is 1. The largest absolute Gasteiger partial charge is 0.493 e. The molecule has 2 aromatic rings. The van der Waals surface area contributed by atoms with Crippen LogP contribution in [-0.2, 0) is 6.42 Å². The number of ether oxygens (including phenoxy) is 2. The molecule has 1 aliphatic heterocycles. The van der Waals surface area contributed by atoms with Crippen LogP contribution in [0.15, 0.2) is 42.6 Å². The average molecular weight is 436 g/mol. The Morgan fingerprint density at radius 2 is 1.69 bits per heavy atom. The van der Waals surface area contributed by atoms with Crippen LogP contribution < -0.4 is 20.1 Å². The molecular weight excluding hydrogens is 406 g/mol. The van der Waals surface area contributed by atoms with E-state index in [0.29, 0.717) is 29.5 Å². The summed E-state index contributed by atoms with van der Waals surface area (Å²) in [5.41, 5.74) is 4.44. The predicted octanol–water partition coefficient (Wildman–Crippen LogP) is 3.57. The maximum absolute atomic E-state index is 12.6. The molecule has 7 heteroatoms. The van der Waals surface area contributed by atoms with Crippen LogP contribution in [0.4, 0.5) is 4.79 Å². The number of methoxy groups -OCH3 is 2. The Balaban J connectivity index is 1.79. The van der Waals surface area contributed by atoms with Crippen LogP contribution in [-0.4, -0.2) is 50.2 Å². The lowest BCUT2D eigenvalue weighted by Gasteiger charge is -2.24. The molecule has 168 valence electrons. The summed E-state index contributed by atoms with van der Waals surface area (Å²) >= 11 is 0. The monoisotopic (exact) mass is 435 g/mol. The van der Waals surface area contributed by atoms with Gasteiger partial charge in [0.2, 0.25) is 0 Å². The van der Waals surface area contributed by atoms with Crippen molar-refractivity contribution in [3.63, 3.8) is 0 Å². The maximum atomic E-state index is 12.6. The van der Waals surface area contributed by atoms with E-state index in [-0.39, 0.29) is 18.0 Å². The molecule has 2 aliphatic rings. The molecule has 0 saturated heterocycles. The van der Waals surface area contributed by atoms with Crippen LogP contribution in [0.2, 0.25) is 0 Å². The highest BCUT2D eigenvalue weighted by Gasteiger charge is 2.27. The molecule has 1 aliphatic carbocycles. The summed E-state index contributed by atoms with van der Waals surface area (Å²) in [6.07, 6.45) is 4.63. The van der Waals surface area contributed by atoms with Gasteiger partial charge in [-0.25, -0.2) is 4.79 Å². The van der Waals surface area contributed by atoms with Crippen LogP contribution in [0.25, 0.3) is 5.57 Å². The molecule has 4 rings (SSSR count). The van der Waals surface area contributed by atoms with Gasteiger partial charge in [0.1, 0.15) is 0 Å². The van der Waals surface area contributed by atoms with E-state index in [4.69, 9.17) is 9.47 Å². The van der Waals surface area contributed by atoms with Crippen LogP contribution >= 0.6 is 0 Å². The summed E-state index contributed by atoms with van der Waals surface area (Å²) in [6, 6.07) is 11.5. The van der Waals surface area contributed by atoms with E-state index >= 15 is 0 Å².